The highest BCUT2D eigenvalue weighted by Gasteiger charge is 2.48. The molecule has 4 rings (SSSR count). The molecule has 8 heteroatoms. The first-order chi connectivity index (χ1) is 15.7. The zero-order valence-corrected chi connectivity index (χ0v) is 19.8. The van der Waals surface area contributed by atoms with Crippen LogP contribution in [0.2, 0.25) is 0 Å². The fourth-order valence-corrected chi connectivity index (χ4v) is 4.80. The monoisotopic (exact) mass is 452 g/mol. The maximum absolute atomic E-state index is 13.7. The van der Waals surface area contributed by atoms with Gasteiger partial charge in [-0.25, -0.2) is 4.79 Å². The zero-order chi connectivity index (χ0) is 23.8. The van der Waals surface area contributed by atoms with Crippen LogP contribution >= 0.6 is 0 Å². The SMILES string of the molecule is COC(=O)c1cc2n(n1)C[C@@](C)(C(=O)NC1CCC(C)CC1)N(Cc1ccccc1C)C2=O. The van der Waals surface area contributed by atoms with Crippen molar-refractivity contribution in [2.45, 2.75) is 71.1 Å². The summed E-state index contributed by atoms with van der Waals surface area (Å²) in [6.45, 7) is 6.46. The van der Waals surface area contributed by atoms with Gasteiger partial charge < -0.3 is 15.0 Å². The number of benzene rings is 1. The smallest absolute Gasteiger partial charge is 0.358 e. The third-order valence-electron chi connectivity index (χ3n) is 7.12. The molecule has 2 heterocycles. The van der Waals surface area contributed by atoms with Crippen LogP contribution in [-0.2, 0) is 22.6 Å². The Morgan fingerprint density at radius 2 is 1.91 bits per heavy atom. The fraction of sp³-hybridized carbons (Fsp3) is 0.520. The molecular weight excluding hydrogens is 420 g/mol. The van der Waals surface area contributed by atoms with Crippen LogP contribution in [0.25, 0.3) is 0 Å². The molecule has 0 spiro atoms. The van der Waals surface area contributed by atoms with E-state index in [9.17, 15) is 14.4 Å². The standard InChI is InChI=1S/C25H32N4O4/c1-16-9-11-19(12-10-16)26-24(32)25(3)15-29-21(13-20(27-29)23(31)33-4)22(30)28(25)14-18-8-6-5-7-17(18)2/h5-8,13,16,19H,9-12,14-15H2,1-4H3,(H,26,32)/t16?,19?,25-/m0/s1. The number of carbonyl (C=O) groups excluding carboxylic acids is 3. The van der Waals surface area contributed by atoms with Gasteiger partial charge in [0.2, 0.25) is 5.91 Å². The van der Waals surface area contributed by atoms with Gasteiger partial charge >= 0.3 is 5.97 Å². The van der Waals surface area contributed by atoms with Crippen molar-refractivity contribution < 1.29 is 19.1 Å². The summed E-state index contributed by atoms with van der Waals surface area (Å²) in [6, 6.07) is 9.38. The van der Waals surface area contributed by atoms with Gasteiger partial charge in [0.1, 0.15) is 11.2 Å². The van der Waals surface area contributed by atoms with Crippen molar-refractivity contribution in [2.75, 3.05) is 7.11 Å². The highest BCUT2D eigenvalue weighted by atomic mass is 16.5. The molecule has 1 aromatic heterocycles. The molecule has 1 aliphatic carbocycles. The van der Waals surface area contributed by atoms with E-state index in [1.54, 1.807) is 11.8 Å². The number of aromatic nitrogens is 2. The quantitative estimate of drug-likeness (QED) is 0.704. The first-order valence-electron chi connectivity index (χ1n) is 11.6. The molecule has 2 aromatic rings. The summed E-state index contributed by atoms with van der Waals surface area (Å²) >= 11 is 0. The van der Waals surface area contributed by atoms with E-state index in [0.717, 1.165) is 36.8 Å². The maximum Gasteiger partial charge on any atom is 0.358 e. The van der Waals surface area contributed by atoms with E-state index in [-0.39, 0.29) is 42.3 Å². The van der Waals surface area contributed by atoms with Gasteiger partial charge in [-0.3, -0.25) is 14.3 Å². The van der Waals surface area contributed by atoms with Gasteiger partial charge in [0, 0.05) is 18.7 Å². The lowest BCUT2D eigenvalue weighted by molar-refractivity contribution is -0.134. The summed E-state index contributed by atoms with van der Waals surface area (Å²) in [5.74, 6) is -0.463. The van der Waals surface area contributed by atoms with Crippen LogP contribution in [0.5, 0.6) is 0 Å². The first-order valence-corrected chi connectivity index (χ1v) is 11.6. The van der Waals surface area contributed by atoms with Crippen LogP contribution in [0, 0.1) is 12.8 Å². The van der Waals surface area contributed by atoms with Crippen molar-refractivity contribution in [1.29, 1.82) is 0 Å². The average molecular weight is 453 g/mol. The molecular formula is C25H32N4O4. The zero-order valence-electron chi connectivity index (χ0n) is 19.8. The molecule has 0 unspecified atom stereocenters. The average Bonchev–Trinajstić information content (AvgIpc) is 3.22. The summed E-state index contributed by atoms with van der Waals surface area (Å²) in [5, 5.41) is 7.49. The number of nitrogens with one attached hydrogen (secondary N) is 1. The molecule has 33 heavy (non-hydrogen) atoms. The van der Waals surface area contributed by atoms with E-state index in [1.165, 1.54) is 17.9 Å². The maximum atomic E-state index is 13.7. The van der Waals surface area contributed by atoms with E-state index in [1.807, 2.05) is 31.2 Å². The summed E-state index contributed by atoms with van der Waals surface area (Å²) < 4.78 is 6.24. The topological polar surface area (TPSA) is 93.5 Å². The number of carbonyl (C=O) groups is 3. The molecule has 0 bridgehead atoms. The van der Waals surface area contributed by atoms with Gasteiger partial charge in [-0.2, -0.15) is 5.10 Å². The molecule has 0 saturated heterocycles. The molecule has 176 valence electrons. The normalized spacial score (nSPS) is 24.8. The number of methoxy groups -OCH3 is 1. The third kappa shape index (κ3) is 4.38. The van der Waals surface area contributed by atoms with Crippen molar-refractivity contribution >= 4 is 17.8 Å². The molecule has 1 saturated carbocycles. The predicted octanol–water partition coefficient (Wildman–Crippen LogP) is 3.09. The number of hydrogen-bond donors (Lipinski definition) is 1. The Morgan fingerprint density at radius 3 is 2.58 bits per heavy atom. The number of nitrogens with zero attached hydrogens (tertiary/aromatic N) is 3. The van der Waals surface area contributed by atoms with Crippen molar-refractivity contribution in [3.63, 3.8) is 0 Å². The molecule has 8 nitrogen and oxygen atoms in total. The Labute approximate surface area is 194 Å². The molecule has 1 aliphatic heterocycles. The van der Waals surface area contributed by atoms with Gasteiger partial charge in [0.05, 0.1) is 13.7 Å². The van der Waals surface area contributed by atoms with Crippen LogP contribution in [0.1, 0.15) is 71.6 Å². The number of amides is 2. The lowest BCUT2D eigenvalue weighted by Crippen LogP contribution is -2.64. The van der Waals surface area contributed by atoms with E-state index in [4.69, 9.17) is 4.74 Å². The van der Waals surface area contributed by atoms with Gasteiger partial charge in [-0.1, -0.05) is 31.2 Å². The minimum atomic E-state index is -1.16. The second-order valence-electron chi connectivity index (χ2n) is 9.59. The largest absolute Gasteiger partial charge is 0.464 e. The highest BCUT2D eigenvalue weighted by molar-refractivity contribution is 6.01. The van der Waals surface area contributed by atoms with E-state index in [2.05, 4.69) is 17.3 Å². The molecule has 2 amide bonds. The molecule has 0 radical (unpaired) electrons. The van der Waals surface area contributed by atoms with E-state index >= 15 is 0 Å². The summed E-state index contributed by atoms with van der Waals surface area (Å²) in [7, 11) is 1.27. The minimum Gasteiger partial charge on any atom is -0.464 e. The second kappa shape index (κ2) is 9.00. The predicted molar refractivity (Wildman–Crippen MR) is 123 cm³/mol. The fourth-order valence-electron chi connectivity index (χ4n) is 4.80. The van der Waals surface area contributed by atoms with Crippen LogP contribution in [0.4, 0.5) is 0 Å². The summed E-state index contributed by atoms with van der Waals surface area (Å²) in [6.07, 6.45) is 4.04. The van der Waals surface area contributed by atoms with Crippen LogP contribution < -0.4 is 5.32 Å². The Morgan fingerprint density at radius 1 is 1.21 bits per heavy atom. The summed E-state index contributed by atoms with van der Waals surface area (Å²) in [5.41, 5.74) is 1.19. The minimum absolute atomic E-state index is 0.0580. The number of ether oxygens (including phenoxy) is 1. The van der Waals surface area contributed by atoms with E-state index < -0.39 is 11.5 Å². The number of aryl methyl sites for hydroxylation is 1. The van der Waals surface area contributed by atoms with Crippen LogP contribution in [-0.4, -0.2) is 51.2 Å². The van der Waals surface area contributed by atoms with Crippen LogP contribution in [0.3, 0.4) is 0 Å². The first kappa shape index (κ1) is 23.0. The second-order valence-corrected chi connectivity index (χ2v) is 9.59. The molecule has 1 atom stereocenters. The van der Waals surface area contributed by atoms with Crippen molar-refractivity contribution in [3.8, 4) is 0 Å². The Balaban J connectivity index is 1.68. The lowest BCUT2D eigenvalue weighted by Gasteiger charge is -2.44. The molecule has 1 aromatic carbocycles. The number of hydrogen-bond acceptors (Lipinski definition) is 5. The van der Waals surface area contributed by atoms with Crippen molar-refractivity contribution in [2.24, 2.45) is 5.92 Å². The lowest BCUT2D eigenvalue weighted by atomic mass is 9.86. The van der Waals surface area contributed by atoms with Gasteiger partial charge in [0.25, 0.3) is 5.91 Å². The number of rotatable bonds is 5. The summed E-state index contributed by atoms with van der Waals surface area (Å²) in [4.78, 5) is 41.0. The Hall–Kier alpha value is -3.16. The molecule has 2 aliphatic rings. The van der Waals surface area contributed by atoms with Crippen LogP contribution in [0.15, 0.2) is 30.3 Å². The third-order valence-corrected chi connectivity index (χ3v) is 7.12. The Kier molecular flexibility index (Phi) is 6.28. The number of esters is 1. The highest BCUT2D eigenvalue weighted by Crippen LogP contribution is 2.31. The van der Waals surface area contributed by atoms with Gasteiger partial charge in [0.15, 0.2) is 5.69 Å². The van der Waals surface area contributed by atoms with Crippen molar-refractivity contribution in [3.05, 3.63) is 52.8 Å². The molecule has 1 fully saturated rings. The van der Waals surface area contributed by atoms with Gasteiger partial charge in [-0.15, -0.1) is 0 Å². The van der Waals surface area contributed by atoms with Crippen molar-refractivity contribution in [1.82, 2.24) is 20.0 Å². The molecule has 1 N–H and O–H groups in total. The Bertz CT molecular complexity index is 1070. The number of fused-ring (bicyclic) bond motifs is 1. The van der Waals surface area contributed by atoms with E-state index in [0.29, 0.717) is 5.92 Å². The van der Waals surface area contributed by atoms with Gasteiger partial charge in [-0.05, 0) is 56.6 Å².